The van der Waals surface area contributed by atoms with Crippen LogP contribution >= 0.6 is 11.8 Å². The van der Waals surface area contributed by atoms with Gasteiger partial charge in [-0.2, -0.15) is 5.10 Å². The SMILES string of the molecule is Cn1nccc1C1=CN(c2ncnc3[nH]ccc23)CCS1. The fourth-order valence-electron chi connectivity index (χ4n) is 2.51. The molecule has 0 fully saturated rings. The molecule has 1 N–H and O–H groups in total. The van der Waals surface area contributed by atoms with E-state index in [9.17, 15) is 0 Å². The van der Waals surface area contributed by atoms with Crippen molar-refractivity contribution in [1.29, 1.82) is 0 Å². The normalized spacial score (nSPS) is 15.5. The summed E-state index contributed by atoms with van der Waals surface area (Å²) in [5, 5.41) is 5.29. The number of hydrogen-bond acceptors (Lipinski definition) is 5. The van der Waals surface area contributed by atoms with Crippen LogP contribution < -0.4 is 4.90 Å². The van der Waals surface area contributed by atoms with E-state index < -0.39 is 0 Å². The third-order valence-electron chi connectivity index (χ3n) is 3.54. The molecule has 1 aliphatic rings. The second-order valence-electron chi connectivity index (χ2n) is 4.81. The molecule has 0 aromatic carbocycles. The average molecular weight is 298 g/mol. The van der Waals surface area contributed by atoms with Gasteiger partial charge in [-0.25, -0.2) is 9.97 Å². The summed E-state index contributed by atoms with van der Waals surface area (Å²) in [5.41, 5.74) is 2.00. The number of H-pyrrole nitrogens is 1. The first-order valence-corrected chi connectivity index (χ1v) is 7.69. The molecule has 0 unspecified atom stereocenters. The van der Waals surface area contributed by atoms with E-state index in [4.69, 9.17) is 0 Å². The van der Waals surface area contributed by atoms with Gasteiger partial charge in [0.05, 0.1) is 11.1 Å². The molecule has 7 heteroatoms. The van der Waals surface area contributed by atoms with E-state index in [2.05, 4.69) is 31.2 Å². The maximum absolute atomic E-state index is 4.46. The summed E-state index contributed by atoms with van der Waals surface area (Å²) >= 11 is 1.85. The summed E-state index contributed by atoms with van der Waals surface area (Å²) in [6, 6.07) is 4.05. The number of hydrogen-bond donors (Lipinski definition) is 1. The van der Waals surface area contributed by atoms with Gasteiger partial charge in [0.25, 0.3) is 0 Å². The first-order valence-electron chi connectivity index (χ1n) is 6.70. The van der Waals surface area contributed by atoms with Crippen molar-refractivity contribution >= 4 is 33.5 Å². The van der Waals surface area contributed by atoms with E-state index >= 15 is 0 Å². The van der Waals surface area contributed by atoms with Crippen molar-refractivity contribution in [2.45, 2.75) is 0 Å². The third kappa shape index (κ3) is 2.09. The highest BCUT2D eigenvalue weighted by molar-refractivity contribution is 8.08. The molecule has 0 saturated carbocycles. The van der Waals surface area contributed by atoms with Crippen LogP contribution in [0.25, 0.3) is 15.9 Å². The van der Waals surface area contributed by atoms with Crippen molar-refractivity contribution in [3.63, 3.8) is 0 Å². The molecular formula is C14H14N6S. The highest BCUT2D eigenvalue weighted by atomic mass is 32.2. The molecule has 0 radical (unpaired) electrons. The van der Waals surface area contributed by atoms with Gasteiger partial charge in [-0.1, -0.05) is 0 Å². The monoisotopic (exact) mass is 298 g/mol. The van der Waals surface area contributed by atoms with Crippen molar-refractivity contribution in [1.82, 2.24) is 24.7 Å². The number of aryl methyl sites for hydroxylation is 1. The second-order valence-corrected chi connectivity index (χ2v) is 5.95. The Bertz CT molecular complexity index is 818. The van der Waals surface area contributed by atoms with Gasteiger partial charge in [-0.3, -0.25) is 4.68 Å². The zero-order chi connectivity index (χ0) is 14.2. The maximum Gasteiger partial charge on any atom is 0.145 e. The fraction of sp³-hybridized carbons (Fsp3) is 0.214. The summed E-state index contributed by atoms with van der Waals surface area (Å²) in [5.74, 6) is 1.97. The van der Waals surface area contributed by atoms with Crippen molar-refractivity contribution in [3.8, 4) is 0 Å². The highest BCUT2D eigenvalue weighted by Gasteiger charge is 2.18. The summed E-state index contributed by atoms with van der Waals surface area (Å²) in [7, 11) is 1.96. The van der Waals surface area contributed by atoms with Crippen LogP contribution in [0.4, 0.5) is 5.82 Å². The Morgan fingerprint density at radius 3 is 3.10 bits per heavy atom. The molecular weight excluding hydrogens is 284 g/mol. The molecule has 0 atom stereocenters. The van der Waals surface area contributed by atoms with Crippen molar-refractivity contribution in [2.24, 2.45) is 7.05 Å². The van der Waals surface area contributed by atoms with E-state index in [1.807, 2.05) is 48.0 Å². The largest absolute Gasteiger partial charge is 0.346 e. The Morgan fingerprint density at radius 2 is 2.24 bits per heavy atom. The number of aromatic amines is 1. The van der Waals surface area contributed by atoms with Gasteiger partial charge >= 0.3 is 0 Å². The molecule has 0 spiro atoms. The Kier molecular flexibility index (Phi) is 2.92. The Morgan fingerprint density at radius 1 is 1.29 bits per heavy atom. The lowest BCUT2D eigenvalue weighted by Gasteiger charge is -2.25. The van der Waals surface area contributed by atoms with E-state index in [0.717, 1.165) is 34.8 Å². The minimum atomic E-state index is 0.869. The summed E-state index contributed by atoms with van der Waals surface area (Å²) in [4.78, 5) is 15.2. The van der Waals surface area contributed by atoms with Crippen LogP contribution in [0.1, 0.15) is 5.69 Å². The molecule has 0 saturated heterocycles. The maximum atomic E-state index is 4.46. The minimum absolute atomic E-state index is 0.869. The fourth-order valence-corrected chi connectivity index (χ4v) is 3.57. The summed E-state index contributed by atoms with van der Waals surface area (Å²) < 4.78 is 1.90. The van der Waals surface area contributed by atoms with Gasteiger partial charge < -0.3 is 9.88 Å². The zero-order valence-electron chi connectivity index (χ0n) is 11.5. The quantitative estimate of drug-likeness (QED) is 0.786. The van der Waals surface area contributed by atoms with Gasteiger partial charge in [0.15, 0.2) is 0 Å². The van der Waals surface area contributed by atoms with E-state index in [1.54, 1.807) is 6.33 Å². The molecule has 4 heterocycles. The molecule has 0 bridgehead atoms. The lowest BCUT2D eigenvalue weighted by molar-refractivity contribution is 0.758. The summed E-state index contributed by atoms with van der Waals surface area (Å²) in [6.07, 6.45) is 7.48. The number of nitrogens with zero attached hydrogens (tertiary/aromatic N) is 5. The number of nitrogens with one attached hydrogen (secondary N) is 1. The zero-order valence-corrected chi connectivity index (χ0v) is 12.3. The number of aromatic nitrogens is 5. The van der Waals surface area contributed by atoms with E-state index in [0.29, 0.717) is 0 Å². The molecule has 106 valence electrons. The molecule has 0 aliphatic carbocycles. The predicted molar refractivity (Wildman–Crippen MR) is 84.9 cm³/mol. The van der Waals surface area contributed by atoms with E-state index in [-0.39, 0.29) is 0 Å². The lowest BCUT2D eigenvalue weighted by Crippen LogP contribution is -2.24. The van der Waals surface area contributed by atoms with Crippen LogP contribution in [0.15, 0.2) is 37.1 Å². The molecule has 3 aromatic rings. The van der Waals surface area contributed by atoms with Crippen molar-refractivity contribution in [3.05, 3.63) is 42.7 Å². The van der Waals surface area contributed by atoms with Crippen LogP contribution in [-0.2, 0) is 7.05 Å². The number of anilines is 1. The lowest BCUT2D eigenvalue weighted by atomic mass is 10.3. The Balaban J connectivity index is 1.79. The first kappa shape index (κ1) is 12.5. The van der Waals surface area contributed by atoms with Gasteiger partial charge in [-0.05, 0) is 12.1 Å². The van der Waals surface area contributed by atoms with E-state index in [1.165, 1.54) is 4.91 Å². The number of fused-ring (bicyclic) bond motifs is 1. The van der Waals surface area contributed by atoms with Crippen LogP contribution in [0.2, 0.25) is 0 Å². The Hall–Kier alpha value is -2.28. The van der Waals surface area contributed by atoms with Crippen LogP contribution in [0, 0.1) is 0 Å². The second kappa shape index (κ2) is 4.92. The number of thioether (sulfide) groups is 1. The smallest absolute Gasteiger partial charge is 0.145 e. The van der Waals surface area contributed by atoms with Crippen LogP contribution in [-0.4, -0.2) is 37.0 Å². The Labute approximate surface area is 125 Å². The predicted octanol–water partition coefficient (Wildman–Crippen LogP) is 2.24. The molecule has 3 aromatic heterocycles. The molecule has 1 aliphatic heterocycles. The first-order chi connectivity index (χ1) is 10.3. The standard InChI is InChI=1S/C14H14N6S/c1-19-11(3-5-18-19)12-8-20(6-7-21-12)14-10-2-4-15-13(10)16-9-17-14/h2-5,8-9H,6-7H2,1H3,(H,15,16,17). The molecule has 6 nitrogen and oxygen atoms in total. The van der Waals surface area contributed by atoms with Crippen LogP contribution in [0.3, 0.4) is 0 Å². The third-order valence-corrected chi connectivity index (χ3v) is 4.55. The topological polar surface area (TPSA) is 62.6 Å². The molecule has 4 rings (SSSR count). The molecule has 21 heavy (non-hydrogen) atoms. The van der Waals surface area contributed by atoms with Gasteiger partial charge in [-0.15, -0.1) is 11.8 Å². The summed E-state index contributed by atoms with van der Waals surface area (Å²) in [6.45, 7) is 0.934. The van der Waals surface area contributed by atoms with Gasteiger partial charge in [0.1, 0.15) is 17.8 Å². The van der Waals surface area contributed by atoms with Gasteiger partial charge in [0.2, 0.25) is 0 Å². The highest BCUT2D eigenvalue weighted by Crippen LogP contribution is 2.33. The van der Waals surface area contributed by atoms with Gasteiger partial charge in [0, 0.05) is 42.8 Å². The minimum Gasteiger partial charge on any atom is -0.346 e. The molecule has 0 amide bonds. The number of rotatable bonds is 2. The van der Waals surface area contributed by atoms with Crippen molar-refractivity contribution in [2.75, 3.05) is 17.2 Å². The average Bonchev–Trinajstić information content (AvgIpc) is 3.15. The van der Waals surface area contributed by atoms with Crippen molar-refractivity contribution < 1.29 is 0 Å². The van der Waals surface area contributed by atoms with Crippen LogP contribution in [0.5, 0.6) is 0 Å².